The molecule has 0 radical (unpaired) electrons. The molecule has 2 saturated heterocycles. The van der Waals surface area contributed by atoms with Gasteiger partial charge in [-0.05, 0) is 29.7 Å². The lowest BCUT2D eigenvalue weighted by Gasteiger charge is -2.49. The van der Waals surface area contributed by atoms with Gasteiger partial charge in [0, 0.05) is 28.8 Å². The summed E-state index contributed by atoms with van der Waals surface area (Å²) in [5, 5.41) is 37.7. The van der Waals surface area contributed by atoms with Gasteiger partial charge in [-0.15, -0.1) is 23.1 Å². The number of hydrogen-bond donors (Lipinski definition) is 6. The molecule has 40 heavy (non-hydrogen) atoms. The van der Waals surface area contributed by atoms with Gasteiger partial charge in [-0.25, -0.2) is 14.6 Å². The molecule has 2 aromatic rings. The second kappa shape index (κ2) is 10.5. The lowest BCUT2D eigenvalue weighted by atomic mass is 9.89. The number of carboxylic acids is 2. The van der Waals surface area contributed by atoms with E-state index in [2.05, 4.69) is 20.8 Å². The van der Waals surface area contributed by atoms with E-state index in [4.69, 9.17) is 5.73 Å². The SMILES string of the molecule is Nc1nc(C(=NO)C(=O)N[C@@H]2C(=O)N3C(C(=O)O)=C(C(=C4CCNC4=O)c4ccc(C(=O)O)cc4)CS[C@H]23)cs1. The number of thioether (sulfide) groups is 1. The first-order valence-electron chi connectivity index (χ1n) is 11.6. The Morgan fingerprint density at radius 3 is 2.38 bits per heavy atom. The molecule has 0 saturated carbocycles. The van der Waals surface area contributed by atoms with E-state index in [1.807, 2.05) is 0 Å². The van der Waals surface area contributed by atoms with Gasteiger partial charge in [0.05, 0.1) is 5.56 Å². The predicted octanol–water partition coefficient (Wildman–Crippen LogP) is 0.314. The minimum atomic E-state index is -1.41. The van der Waals surface area contributed by atoms with Crippen LogP contribution >= 0.6 is 23.1 Å². The average Bonchev–Trinajstić information content (AvgIpc) is 3.55. The van der Waals surface area contributed by atoms with Crippen molar-refractivity contribution in [3.63, 3.8) is 0 Å². The van der Waals surface area contributed by atoms with Gasteiger partial charge in [0.25, 0.3) is 11.8 Å². The van der Waals surface area contributed by atoms with Crippen molar-refractivity contribution in [3.8, 4) is 0 Å². The van der Waals surface area contributed by atoms with Crippen LogP contribution in [-0.2, 0) is 19.2 Å². The van der Waals surface area contributed by atoms with E-state index in [-0.39, 0.29) is 39.3 Å². The summed E-state index contributed by atoms with van der Waals surface area (Å²) in [7, 11) is 0. The second-order valence-electron chi connectivity index (χ2n) is 8.75. The van der Waals surface area contributed by atoms with E-state index in [0.29, 0.717) is 29.7 Å². The minimum absolute atomic E-state index is 0.0101. The van der Waals surface area contributed by atoms with Crippen molar-refractivity contribution in [3.05, 3.63) is 63.3 Å². The molecule has 0 aliphatic carbocycles. The zero-order valence-electron chi connectivity index (χ0n) is 20.3. The second-order valence-corrected chi connectivity index (χ2v) is 10.7. The van der Waals surface area contributed by atoms with E-state index in [0.717, 1.165) is 16.2 Å². The number of allylic oxidation sites excluding steroid dienone is 1. The maximum atomic E-state index is 13.2. The Bertz CT molecular complexity index is 1560. The highest BCUT2D eigenvalue weighted by molar-refractivity contribution is 8.00. The fourth-order valence-corrected chi connectivity index (χ4v) is 6.60. The molecule has 5 rings (SSSR count). The third-order valence-electron chi connectivity index (χ3n) is 6.50. The Hall–Kier alpha value is -4.70. The molecule has 3 aliphatic rings. The van der Waals surface area contributed by atoms with Gasteiger partial charge in [0.15, 0.2) is 10.8 Å². The molecule has 2 atom stereocenters. The number of rotatable bonds is 7. The number of nitrogens with one attached hydrogen (secondary N) is 2. The molecule has 0 spiro atoms. The predicted molar refractivity (Wildman–Crippen MR) is 142 cm³/mol. The quantitative estimate of drug-likeness (QED) is 0.0854. The first-order chi connectivity index (χ1) is 19.1. The number of benzene rings is 1. The fourth-order valence-electron chi connectivity index (χ4n) is 4.70. The van der Waals surface area contributed by atoms with Crippen molar-refractivity contribution in [2.24, 2.45) is 5.16 Å². The number of nitrogen functional groups attached to an aromatic ring is 1. The number of β-lactam (4-membered cyclic amide) rings is 1. The summed E-state index contributed by atoms with van der Waals surface area (Å²) in [6.07, 6.45) is 0.302. The van der Waals surface area contributed by atoms with Gasteiger partial charge in [-0.1, -0.05) is 17.3 Å². The molecule has 16 heteroatoms. The zero-order chi connectivity index (χ0) is 28.7. The van der Waals surface area contributed by atoms with Crippen LogP contribution in [0, 0.1) is 0 Å². The third kappa shape index (κ3) is 4.56. The molecular formula is C24H20N6O8S2. The van der Waals surface area contributed by atoms with Crippen LogP contribution in [0.1, 0.15) is 28.0 Å². The van der Waals surface area contributed by atoms with E-state index >= 15 is 0 Å². The molecule has 2 fully saturated rings. The first-order valence-corrected chi connectivity index (χ1v) is 13.6. The normalized spacial score (nSPS) is 21.9. The van der Waals surface area contributed by atoms with Crippen molar-refractivity contribution in [2.75, 3.05) is 18.0 Å². The van der Waals surface area contributed by atoms with Crippen LogP contribution < -0.4 is 16.4 Å². The number of carbonyl (C=O) groups excluding carboxylic acids is 3. The first kappa shape index (κ1) is 26.9. The lowest BCUT2D eigenvalue weighted by Crippen LogP contribution is -2.71. The Labute approximate surface area is 233 Å². The standard InChI is InChI=1S/C24H20N6O8S2/c25-24-27-13(8-40-24)15(29-38)19(32)28-16-20(33)30-17(23(36)37)12(7-39-21(16)30)14(11-5-6-26-18(11)31)9-1-3-10(4-2-9)22(34)35/h1-4,8,16,21,38H,5-7H2,(H2,25,27)(H,26,31)(H,28,32)(H,34,35)(H,36,37)/t16-,21-/m1/s1. The topological polar surface area (TPSA) is 225 Å². The van der Waals surface area contributed by atoms with Gasteiger partial charge in [0.1, 0.15) is 22.8 Å². The lowest BCUT2D eigenvalue weighted by molar-refractivity contribution is -0.150. The number of aromatic nitrogens is 1. The van der Waals surface area contributed by atoms with E-state index in [9.17, 15) is 39.4 Å². The van der Waals surface area contributed by atoms with Gasteiger partial charge >= 0.3 is 11.9 Å². The number of fused-ring (bicyclic) bond motifs is 1. The van der Waals surface area contributed by atoms with Crippen LogP contribution in [0.3, 0.4) is 0 Å². The van der Waals surface area contributed by atoms with Gasteiger partial charge in [-0.3, -0.25) is 19.3 Å². The monoisotopic (exact) mass is 584 g/mol. The molecule has 3 amide bonds. The molecule has 206 valence electrons. The summed E-state index contributed by atoms with van der Waals surface area (Å²) in [5.41, 5.74) is 6.07. The van der Waals surface area contributed by atoms with Crippen molar-refractivity contribution in [2.45, 2.75) is 17.8 Å². The molecule has 0 bridgehead atoms. The fraction of sp³-hybridized carbons (Fsp3) is 0.208. The van der Waals surface area contributed by atoms with E-state index < -0.39 is 40.9 Å². The van der Waals surface area contributed by atoms with Crippen LogP contribution in [0.15, 0.2) is 51.6 Å². The van der Waals surface area contributed by atoms with Crippen molar-refractivity contribution >= 4 is 69.2 Å². The number of thiazole rings is 1. The smallest absolute Gasteiger partial charge is 0.352 e. The Kier molecular flexibility index (Phi) is 7.03. The van der Waals surface area contributed by atoms with Crippen LogP contribution in [0.4, 0.5) is 5.13 Å². The summed E-state index contributed by atoms with van der Waals surface area (Å²) in [6, 6.07) is 4.55. The highest BCUT2D eigenvalue weighted by Crippen LogP contribution is 2.45. The molecule has 7 N–H and O–H groups in total. The zero-order valence-corrected chi connectivity index (χ0v) is 21.9. The summed E-state index contributed by atoms with van der Waals surface area (Å²) in [5.74, 6) is -4.49. The van der Waals surface area contributed by atoms with Crippen molar-refractivity contribution in [1.82, 2.24) is 20.5 Å². The van der Waals surface area contributed by atoms with Crippen molar-refractivity contribution in [1.29, 1.82) is 0 Å². The van der Waals surface area contributed by atoms with E-state index in [1.165, 1.54) is 41.4 Å². The molecule has 1 aromatic heterocycles. The summed E-state index contributed by atoms with van der Waals surface area (Å²) in [4.78, 5) is 67.5. The minimum Gasteiger partial charge on any atom is -0.478 e. The highest BCUT2D eigenvalue weighted by Gasteiger charge is 2.55. The number of aromatic carboxylic acids is 1. The molecular weight excluding hydrogens is 564 g/mol. The molecule has 14 nitrogen and oxygen atoms in total. The number of hydrogen-bond acceptors (Lipinski definition) is 11. The van der Waals surface area contributed by atoms with Crippen LogP contribution in [-0.4, -0.2) is 84.4 Å². The van der Waals surface area contributed by atoms with Gasteiger partial charge in [0.2, 0.25) is 5.91 Å². The maximum absolute atomic E-state index is 13.2. The van der Waals surface area contributed by atoms with Gasteiger partial charge < -0.3 is 31.8 Å². The Morgan fingerprint density at radius 2 is 1.82 bits per heavy atom. The summed E-state index contributed by atoms with van der Waals surface area (Å²) in [6.45, 7) is 0.340. The Morgan fingerprint density at radius 1 is 1.12 bits per heavy atom. The maximum Gasteiger partial charge on any atom is 0.352 e. The number of oxime groups is 1. The summed E-state index contributed by atoms with van der Waals surface area (Å²) < 4.78 is 0. The number of nitrogens with two attached hydrogens (primary N) is 1. The number of amides is 3. The van der Waals surface area contributed by atoms with Crippen LogP contribution in [0.25, 0.3) is 5.57 Å². The van der Waals surface area contributed by atoms with Crippen LogP contribution in [0.2, 0.25) is 0 Å². The van der Waals surface area contributed by atoms with Gasteiger partial charge in [-0.2, -0.15) is 0 Å². The van der Waals surface area contributed by atoms with Crippen molar-refractivity contribution < 1.29 is 39.4 Å². The third-order valence-corrected chi connectivity index (χ3v) is 8.45. The van der Waals surface area contributed by atoms with Crippen LogP contribution in [0.5, 0.6) is 0 Å². The number of anilines is 1. The largest absolute Gasteiger partial charge is 0.478 e. The number of aliphatic carboxylic acids is 1. The number of nitrogens with zero attached hydrogens (tertiary/aromatic N) is 3. The molecule has 3 aliphatic heterocycles. The molecule has 4 heterocycles. The number of carbonyl (C=O) groups is 5. The Balaban J connectivity index is 1.50. The highest BCUT2D eigenvalue weighted by atomic mass is 32.2. The van der Waals surface area contributed by atoms with E-state index in [1.54, 1.807) is 0 Å². The summed E-state index contributed by atoms with van der Waals surface area (Å²) >= 11 is 2.20. The average molecular weight is 585 g/mol. The molecule has 1 aromatic carbocycles. The number of carboxylic acid groups (broad SMARTS) is 2. The molecule has 0 unspecified atom stereocenters.